The van der Waals surface area contributed by atoms with Crippen LogP contribution in [0.25, 0.3) is 6.08 Å². The fraction of sp³-hybridized carbons (Fsp3) is 0.211. The zero-order valence-electron chi connectivity index (χ0n) is 12.4. The first-order valence-electron chi connectivity index (χ1n) is 7.18. The number of allylic oxidation sites excluding steroid dienone is 1. The largest absolute Gasteiger partial charge is 0.398 e. The highest BCUT2D eigenvalue weighted by molar-refractivity contribution is 6.14. The van der Waals surface area contributed by atoms with Gasteiger partial charge in [-0.2, -0.15) is 0 Å². The van der Waals surface area contributed by atoms with Gasteiger partial charge in [0.15, 0.2) is 5.78 Å². The average molecular weight is 277 g/mol. The number of carbonyl (C=O) groups is 1. The van der Waals surface area contributed by atoms with Crippen molar-refractivity contribution in [3.63, 3.8) is 0 Å². The van der Waals surface area contributed by atoms with Gasteiger partial charge in [-0.1, -0.05) is 56.3 Å². The van der Waals surface area contributed by atoms with Crippen LogP contribution in [0.3, 0.4) is 0 Å². The molecule has 0 amide bonds. The van der Waals surface area contributed by atoms with E-state index >= 15 is 0 Å². The van der Waals surface area contributed by atoms with Crippen molar-refractivity contribution in [1.82, 2.24) is 0 Å². The summed E-state index contributed by atoms with van der Waals surface area (Å²) in [5.41, 5.74) is 10.3. The minimum absolute atomic E-state index is 0.0418. The van der Waals surface area contributed by atoms with Gasteiger partial charge in [0.1, 0.15) is 0 Å². The Hall–Kier alpha value is -2.35. The Balaban J connectivity index is 2.12. The van der Waals surface area contributed by atoms with E-state index in [4.69, 9.17) is 5.73 Å². The molecule has 0 fully saturated rings. The number of rotatable bonds is 1. The van der Waals surface area contributed by atoms with Crippen LogP contribution in [-0.4, -0.2) is 5.78 Å². The van der Waals surface area contributed by atoms with Crippen molar-refractivity contribution in [2.24, 2.45) is 0 Å². The monoisotopic (exact) mass is 277 g/mol. The third-order valence-electron chi connectivity index (χ3n) is 4.15. The lowest BCUT2D eigenvalue weighted by atomic mass is 9.70. The second-order valence-corrected chi connectivity index (χ2v) is 6.23. The summed E-state index contributed by atoms with van der Waals surface area (Å²) in [4.78, 5) is 12.7. The Kier molecular flexibility index (Phi) is 3.17. The number of hydrogen-bond acceptors (Lipinski definition) is 2. The van der Waals surface area contributed by atoms with Gasteiger partial charge >= 0.3 is 0 Å². The lowest BCUT2D eigenvalue weighted by molar-refractivity contribution is 0.101. The quantitative estimate of drug-likeness (QED) is 0.626. The van der Waals surface area contributed by atoms with E-state index in [1.807, 2.05) is 48.5 Å². The smallest absolute Gasteiger partial charge is 0.189 e. The zero-order valence-corrected chi connectivity index (χ0v) is 12.4. The van der Waals surface area contributed by atoms with Crippen molar-refractivity contribution in [3.05, 3.63) is 70.8 Å². The summed E-state index contributed by atoms with van der Waals surface area (Å²) in [6, 6.07) is 15.5. The van der Waals surface area contributed by atoms with Gasteiger partial charge in [0.05, 0.1) is 0 Å². The number of anilines is 1. The maximum atomic E-state index is 12.7. The molecule has 0 bridgehead atoms. The number of carbonyl (C=O) groups excluding carboxylic acids is 1. The number of Topliss-reactive ketones (excluding diaryl/α,β-unsaturated/α-hetero) is 1. The Morgan fingerprint density at radius 2 is 1.71 bits per heavy atom. The normalized spacial score (nSPS) is 18.6. The van der Waals surface area contributed by atoms with Crippen LogP contribution in [-0.2, 0) is 5.41 Å². The van der Waals surface area contributed by atoms with Crippen LogP contribution >= 0.6 is 0 Å². The van der Waals surface area contributed by atoms with E-state index in [1.165, 1.54) is 0 Å². The third kappa shape index (κ3) is 2.38. The summed E-state index contributed by atoms with van der Waals surface area (Å²) in [7, 11) is 0. The second kappa shape index (κ2) is 4.88. The van der Waals surface area contributed by atoms with Crippen LogP contribution < -0.4 is 5.73 Å². The molecule has 2 aromatic carbocycles. The second-order valence-electron chi connectivity index (χ2n) is 6.23. The molecule has 2 N–H and O–H groups in total. The van der Waals surface area contributed by atoms with Gasteiger partial charge < -0.3 is 5.73 Å². The van der Waals surface area contributed by atoms with E-state index in [2.05, 4.69) is 19.9 Å². The third-order valence-corrected chi connectivity index (χ3v) is 4.15. The standard InChI is InChI=1S/C19H19NO/c1-19(2)12-14(11-13-7-3-6-10-17(13)20)18(21)15-8-4-5-9-16(15)19/h3-11H,12,20H2,1-2H3/b14-11-. The van der Waals surface area contributed by atoms with E-state index in [0.29, 0.717) is 5.69 Å². The minimum atomic E-state index is -0.0418. The predicted octanol–water partition coefficient (Wildman–Crippen LogP) is 4.22. The van der Waals surface area contributed by atoms with Gasteiger partial charge in [0.2, 0.25) is 0 Å². The molecule has 0 saturated heterocycles. The van der Waals surface area contributed by atoms with E-state index in [9.17, 15) is 4.79 Å². The van der Waals surface area contributed by atoms with Gasteiger partial charge in [-0.15, -0.1) is 0 Å². The number of benzene rings is 2. The van der Waals surface area contributed by atoms with Crippen LogP contribution in [0.1, 0.15) is 41.8 Å². The van der Waals surface area contributed by atoms with Crippen molar-refractivity contribution >= 4 is 17.5 Å². The molecule has 2 nitrogen and oxygen atoms in total. The minimum Gasteiger partial charge on any atom is -0.398 e. The summed E-state index contributed by atoms with van der Waals surface area (Å²) in [5, 5.41) is 0. The number of nitrogen functional groups attached to an aromatic ring is 1. The molecule has 2 aromatic rings. The highest BCUT2D eigenvalue weighted by atomic mass is 16.1. The molecule has 3 rings (SSSR count). The Morgan fingerprint density at radius 1 is 1.05 bits per heavy atom. The summed E-state index contributed by atoms with van der Waals surface area (Å²) >= 11 is 0. The molecule has 1 aliphatic rings. The van der Waals surface area contributed by atoms with Crippen molar-refractivity contribution in [1.29, 1.82) is 0 Å². The van der Waals surface area contributed by atoms with Crippen molar-refractivity contribution in [3.8, 4) is 0 Å². The van der Waals surface area contributed by atoms with E-state index < -0.39 is 0 Å². The number of ketones is 1. The highest BCUT2D eigenvalue weighted by Crippen LogP contribution is 2.39. The first-order valence-corrected chi connectivity index (χ1v) is 7.18. The Bertz CT molecular complexity index is 741. The molecular weight excluding hydrogens is 258 g/mol. The summed E-state index contributed by atoms with van der Waals surface area (Å²) in [6.45, 7) is 4.36. The molecule has 0 atom stereocenters. The van der Waals surface area contributed by atoms with Crippen molar-refractivity contribution < 1.29 is 4.79 Å². The maximum absolute atomic E-state index is 12.7. The van der Waals surface area contributed by atoms with E-state index in [1.54, 1.807) is 0 Å². The Morgan fingerprint density at radius 3 is 2.48 bits per heavy atom. The molecule has 0 spiro atoms. The molecule has 0 saturated carbocycles. The molecule has 0 aliphatic heterocycles. The van der Waals surface area contributed by atoms with Gasteiger partial charge in [-0.3, -0.25) is 4.79 Å². The van der Waals surface area contributed by atoms with Crippen molar-refractivity contribution in [2.75, 3.05) is 5.73 Å². The molecule has 0 radical (unpaired) electrons. The fourth-order valence-electron chi connectivity index (χ4n) is 3.04. The fourth-order valence-corrected chi connectivity index (χ4v) is 3.04. The molecule has 0 unspecified atom stereocenters. The molecule has 106 valence electrons. The van der Waals surface area contributed by atoms with Crippen molar-refractivity contribution in [2.45, 2.75) is 25.7 Å². The van der Waals surface area contributed by atoms with Crippen LogP contribution in [0.2, 0.25) is 0 Å². The van der Waals surface area contributed by atoms with Crippen LogP contribution in [0.15, 0.2) is 54.1 Å². The molecule has 2 heteroatoms. The molecule has 0 heterocycles. The number of nitrogens with two attached hydrogens (primary N) is 1. The Labute approximate surface area is 125 Å². The summed E-state index contributed by atoms with van der Waals surface area (Å²) < 4.78 is 0. The molecule has 0 aromatic heterocycles. The lowest BCUT2D eigenvalue weighted by Crippen LogP contribution is -2.29. The summed E-state index contributed by atoms with van der Waals surface area (Å²) in [5.74, 6) is 0.119. The maximum Gasteiger partial charge on any atom is 0.189 e. The topological polar surface area (TPSA) is 43.1 Å². The molecular formula is C19H19NO. The first-order chi connectivity index (χ1) is 9.99. The SMILES string of the molecule is CC1(C)C/C(=C/c2ccccc2N)C(=O)c2ccccc21. The number of fused-ring (bicyclic) bond motifs is 1. The van der Waals surface area contributed by atoms with Gasteiger partial charge in [0, 0.05) is 16.8 Å². The summed E-state index contributed by atoms with van der Waals surface area (Å²) in [6.07, 6.45) is 2.67. The molecule has 21 heavy (non-hydrogen) atoms. The average Bonchev–Trinajstić information content (AvgIpc) is 2.47. The molecule has 1 aliphatic carbocycles. The van der Waals surface area contributed by atoms with Crippen LogP contribution in [0.5, 0.6) is 0 Å². The first kappa shape index (κ1) is 13.6. The van der Waals surface area contributed by atoms with Crippen LogP contribution in [0, 0.1) is 0 Å². The van der Waals surface area contributed by atoms with Gasteiger partial charge in [0.25, 0.3) is 0 Å². The van der Waals surface area contributed by atoms with Crippen LogP contribution in [0.4, 0.5) is 5.69 Å². The number of para-hydroxylation sites is 1. The van der Waals surface area contributed by atoms with E-state index in [0.717, 1.165) is 28.7 Å². The van der Waals surface area contributed by atoms with E-state index in [-0.39, 0.29) is 11.2 Å². The highest BCUT2D eigenvalue weighted by Gasteiger charge is 2.34. The lowest BCUT2D eigenvalue weighted by Gasteiger charge is -2.33. The van der Waals surface area contributed by atoms with Gasteiger partial charge in [-0.05, 0) is 35.1 Å². The van der Waals surface area contributed by atoms with Gasteiger partial charge in [-0.25, -0.2) is 0 Å². The number of hydrogen-bond donors (Lipinski definition) is 1. The zero-order chi connectivity index (χ0) is 15.0. The predicted molar refractivity (Wildman–Crippen MR) is 87.2 cm³/mol.